The third kappa shape index (κ3) is 4.48. The molecule has 1 saturated heterocycles. The molecule has 22 heavy (non-hydrogen) atoms. The Morgan fingerprint density at radius 3 is 2.55 bits per heavy atom. The second-order valence-corrected chi connectivity index (χ2v) is 5.28. The average molecular weight is 333 g/mol. The molecule has 1 aliphatic rings. The molecule has 0 aromatic heterocycles. The molecular formula is C15H19ClF2N2O2. The minimum Gasteiger partial charge on any atom is -0.342 e. The van der Waals surface area contributed by atoms with Crippen molar-refractivity contribution in [2.75, 3.05) is 19.6 Å². The van der Waals surface area contributed by atoms with E-state index in [1.54, 1.807) is 4.90 Å². The number of hydrogen-bond acceptors (Lipinski definition) is 3. The quantitative estimate of drug-likeness (QED) is 0.840. The van der Waals surface area contributed by atoms with Crippen LogP contribution in [0.2, 0.25) is 0 Å². The standard InChI is InChI=1S/C15H18F2N2O2.ClH/c16-12-2-1-11(7-13(12)17)14(20)3-4-15(21)19-6-5-10(8-18)9-19;/h1-2,7,10H,3-6,8-9,18H2;1H. The number of benzene rings is 1. The molecule has 4 nitrogen and oxygen atoms in total. The monoisotopic (exact) mass is 332 g/mol. The highest BCUT2D eigenvalue weighted by Gasteiger charge is 2.25. The molecule has 2 N–H and O–H groups in total. The van der Waals surface area contributed by atoms with E-state index in [0.29, 0.717) is 25.6 Å². The van der Waals surface area contributed by atoms with Gasteiger partial charge in [0.1, 0.15) is 0 Å². The van der Waals surface area contributed by atoms with E-state index in [9.17, 15) is 18.4 Å². The van der Waals surface area contributed by atoms with Crippen molar-refractivity contribution in [3.63, 3.8) is 0 Å². The zero-order valence-corrected chi connectivity index (χ0v) is 12.9. The highest BCUT2D eigenvalue weighted by Crippen LogP contribution is 2.17. The second kappa shape index (κ2) is 8.19. The van der Waals surface area contributed by atoms with Gasteiger partial charge in [-0.25, -0.2) is 8.78 Å². The van der Waals surface area contributed by atoms with E-state index < -0.39 is 11.6 Å². The van der Waals surface area contributed by atoms with Gasteiger partial charge in [-0.05, 0) is 37.1 Å². The molecule has 1 aromatic rings. The summed E-state index contributed by atoms with van der Waals surface area (Å²) in [5.74, 6) is -2.18. The number of likely N-dealkylation sites (tertiary alicyclic amines) is 1. The molecule has 122 valence electrons. The fraction of sp³-hybridized carbons (Fsp3) is 0.467. The lowest BCUT2D eigenvalue weighted by molar-refractivity contribution is -0.130. The SMILES string of the molecule is Cl.NCC1CCN(C(=O)CCC(=O)c2ccc(F)c(F)c2)C1. The summed E-state index contributed by atoms with van der Waals surface area (Å²) in [6.45, 7) is 1.85. The number of nitrogens with zero attached hydrogens (tertiary/aromatic N) is 1. The number of carbonyl (C=O) groups excluding carboxylic acids is 2. The van der Waals surface area contributed by atoms with Crippen molar-refractivity contribution < 1.29 is 18.4 Å². The molecule has 0 bridgehead atoms. The molecule has 1 unspecified atom stereocenters. The van der Waals surface area contributed by atoms with Crippen molar-refractivity contribution in [2.24, 2.45) is 11.7 Å². The number of Topliss-reactive ketones (excluding diaryl/α,β-unsaturated/α-hetero) is 1. The van der Waals surface area contributed by atoms with Crippen LogP contribution in [0, 0.1) is 17.6 Å². The minimum atomic E-state index is -1.06. The van der Waals surface area contributed by atoms with Crippen LogP contribution in [-0.2, 0) is 4.79 Å². The maximum Gasteiger partial charge on any atom is 0.223 e. The van der Waals surface area contributed by atoms with Gasteiger partial charge >= 0.3 is 0 Å². The zero-order valence-electron chi connectivity index (χ0n) is 12.1. The van der Waals surface area contributed by atoms with Crippen LogP contribution >= 0.6 is 12.4 Å². The van der Waals surface area contributed by atoms with Gasteiger partial charge in [-0.3, -0.25) is 9.59 Å². The largest absolute Gasteiger partial charge is 0.342 e. The van der Waals surface area contributed by atoms with Gasteiger partial charge in [0, 0.05) is 31.5 Å². The molecular weight excluding hydrogens is 314 g/mol. The van der Waals surface area contributed by atoms with Crippen LogP contribution < -0.4 is 5.73 Å². The Labute approximate surface area is 134 Å². The summed E-state index contributed by atoms with van der Waals surface area (Å²) in [4.78, 5) is 25.5. The molecule has 7 heteroatoms. The smallest absolute Gasteiger partial charge is 0.223 e. The lowest BCUT2D eigenvalue weighted by Crippen LogP contribution is -2.30. The number of ketones is 1. The van der Waals surface area contributed by atoms with Crippen LogP contribution in [0.5, 0.6) is 0 Å². The molecule has 1 atom stereocenters. The first kappa shape index (κ1) is 18.5. The van der Waals surface area contributed by atoms with Gasteiger partial charge in [-0.15, -0.1) is 12.4 Å². The Kier molecular flexibility index (Phi) is 6.90. The molecule has 0 spiro atoms. The summed E-state index contributed by atoms with van der Waals surface area (Å²) in [7, 11) is 0. The van der Waals surface area contributed by atoms with Crippen LogP contribution in [0.4, 0.5) is 8.78 Å². The van der Waals surface area contributed by atoms with Crippen molar-refractivity contribution in [3.05, 3.63) is 35.4 Å². The van der Waals surface area contributed by atoms with Crippen molar-refractivity contribution in [1.82, 2.24) is 4.90 Å². The predicted molar refractivity (Wildman–Crippen MR) is 80.9 cm³/mol. The van der Waals surface area contributed by atoms with Crippen molar-refractivity contribution >= 4 is 24.1 Å². The number of carbonyl (C=O) groups is 2. The molecule has 0 saturated carbocycles. The van der Waals surface area contributed by atoms with Crippen LogP contribution in [0.1, 0.15) is 29.6 Å². The summed E-state index contributed by atoms with van der Waals surface area (Å²) in [6, 6.07) is 3.00. The summed E-state index contributed by atoms with van der Waals surface area (Å²) in [6.07, 6.45) is 0.960. The molecule has 1 heterocycles. The Morgan fingerprint density at radius 1 is 1.23 bits per heavy atom. The summed E-state index contributed by atoms with van der Waals surface area (Å²) < 4.78 is 25.8. The van der Waals surface area contributed by atoms with Gasteiger partial charge in [0.2, 0.25) is 5.91 Å². The minimum absolute atomic E-state index is 0. The molecule has 0 aliphatic carbocycles. The van der Waals surface area contributed by atoms with Gasteiger partial charge in [0.15, 0.2) is 17.4 Å². The van der Waals surface area contributed by atoms with Crippen LogP contribution in [-0.4, -0.2) is 36.2 Å². The first-order valence-electron chi connectivity index (χ1n) is 6.97. The van der Waals surface area contributed by atoms with E-state index in [2.05, 4.69) is 0 Å². The lowest BCUT2D eigenvalue weighted by atomic mass is 10.1. The van der Waals surface area contributed by atoms with E-state index in [-0.39, 0.29) is 42.5 Å². The molecule has 0 radical (unpaired) electrons. The topological polar surface area (TPSA) is 63.4 Å². The Balaban J connectivity index is 0.00000242. The molecule has 1 amide bonds. The molecule has 1 aromatic carbocycles. The number of halogens is 3. The van der Waals surface area contributed by atoms with Gasteiger partial charge in [-0.2, -0.15) is 0 Å². The fourth-order valence-corrected chi connectivity index (χ4v) is 2.44. The third-order valence-corrected chi connectivity index (χ3v) is 3.78. The van der Waals surface area contributed by atoms with E-state index in [1.807, 2.05) is 0 Å². The maximum atomic E-state index is 13.1. The normalized spacial score (nSPS) is 17.2. The first-order chi connectivity index (χ1) is 10.0. The number of amides is 1. The third-order valence-electron chi connectivity index (χ3n) is 3.78. The van der Waals surface area contributed by atoms with Crippen LogP contribution in [0.3, 0.4) is 0 Å². The van der Waals surface area contributed by atoms with Crippen molar-refractivity contribution in [3.8, 4) is 0 Å². The Bertz CT molecular complexity index is 554. The van der Waals surface area contributed by atoms with E-state index in [4.69, 9.17) is 5.73 Å². The summed E-state index contributed by atoms with van der Waals surface area (Å²) in [5, 5.41) is 0. The van der Waals surface area contributed by atoms with Gasteiger partial charge in [0.25, 0.3) is 0 Å². The van der Waals surface area contributed by atoms with E-state index in [1.165, 1.54) is 6.07 Å². The Morgan fingerprint density at radius 2 is 1.95 bits per heavy atom. The molecule has 2 rings (SSSR count). The number of nitrogens with two attached hydrogens (primary N) is 1. The highest BCUT2D eigenvalue weighted by atomic mass is 35.5. The number of hydrogen-bond donors (Lipinski definition) is 1. The lowest BCUT2D eigenvalue weighted by Gasteiger charge is -2.15. The van der Waals surface area contributed by atoms with Crippen LogP contribution in [0.25, 0.3) is 0 Å². The van der Waals surface area contributed by atoms with Gasteiger partial charge in [-0.1, -0.05) is 0 Å². The second-order valence-electron chi connectivity index (χ2n) is 5.28. The average Bonchev–Trinajstić information content (AvgIpc) is 2.96. The number of rotatable bonds is 5. The van der Waals surface area contributed by atoms with E-state index >= 15 is 0 Å². The first-order valence-corrected chi connectivity index (χ1v) is 6.97. The Hall–Kier alpha value is -1.53. The fourth-order valence-electron chi connectivity index (χ4n) is 2.44. The van der Waals surface area contributed by atoms with E-state index in [0.717, 1.165) is 18.6 Å². The molecule has 1 fully saturated rings. The van der Waals surface area contributed by atoms with Crippen molar-refractivity contribution in [1.29, 1.82) is 0 Å². The maximum absolute atomic E-state index is 13.1. The van der Waals surface area contributed by atoms with Crippen LogP contribution in [0.15, 0.2) is 18.2 Å². The summed E-state index contributed by atoms with van der Waals surface area (Å²) in [5.41, 5.74) is 5.65. The zero-order chi connectivity index (χ0) is 15.4. The van der Waals surface area contributed by atoms with Crippen molar-refractivity contribution in [2.45, 2.75) is 19.3 Å². The van der Waals surface area contributed by atoms with Gasteiger partial charge < -0.3 is 10.6 Å². The predicted octanol–water partition coefficient (Wildman–Crippen LogP) is 2.16. The highest BCUT2D eigenvalue weighted by molar-refractivity contribution is 5.97. The summed E-state index contributed by atoms with van der Waals surface area (Å²) >= 11 is 0. The van der Waals surface area contributed by atoms with Gasteiger partial charge in [0.05, 0.1) is 0 Å². The molecule has 1 aliphatic heterocycles.